The van der Waals surface area contributed by atoms with Crippen molar-refractivity contribution in [2.24, 2.45) is 17.3 Å². The third-order valence-electron chi connectivity index (χ3n) is 6.09. The van der Waals surface area contributed by atoms with Crippen LogP contribution in [-0.4, -0.2) is 35.9 Å². The Bertz CT molecular complexity index is 792. The molecule has 2 unspecified atom stereocenters. The largest absolute Gasteiger partial charge is 0.303 e. The Balaban J connectivity index is 1.59. The van der Waals surface area contributed by atoms with Crippen molar-refractivity contribution in [1.82, 2.24) is 10.4 Å². The van der Waals surface area contributed by atoms with E-state index in [1.54, 1.807) is 11.6 Å². The van der Waals surface area contributed by atoms with Crippen LogP contribution in [0.5, 0.6) is 0 Å². The normalized spacial score (nSPS) is 26.5. The molecule has 2 N–H and O–H groups in total. The third kappa shape index (κ3) is 4.72. The maximum Gasteiger partial charge on any atom is 0.274 e. The fraction of sp³-hybridized carbons (Fsp3) is 0.455. The molecule has 1 amide bonds. The lowest BCUT2D eigenvalue weighted by Crippen LogP contribution is -2.38. The molecule has 28 heavy (non-hydrogen) atoms. The molecule has 0 aliphatic heterocycles. The number of nitrogens with zero attached hydrogens (tertiary/aromatic N) is 1. The summed E-state index contributed by atoms with van der Waals surface area (Å²) in [7, 11) is 2.05. The van der Waals surface area contributed by atoms with Crippen molar-refractivity contribution < 1.29 is 14.8 Å². The summed E-state index contributed by atoms with van der Waals surface area (Å²) in [6.45, 7) is 1.57. The summed E-state index contributed by atoms with van der Waals surface area (Å²) in [6.07, 6.45) is 10.1. The number of benzene rings is 1. The fourth-order valence-electron chi connectivity index (χ4n) is 4.34. The molecule has 0 saturated heterocycles. The lowest BCUT2D eigenvalue weighted by molar-refractivity contribution is -0.125. The van der Waals surface area contributed by atoms with Gasteiger partial charge in [0, 0.05) is 22.6 Å². The van der Waals surface area contributed by atoms with Crippen molar-refractivity contribution in [3.8, 4) is 0 Å². The van der Waals surface area contributed by atoms with Crippen LogP contribution in [0.2, 0.25) is 5.02 Å². The van der Waals surface area contributed by atoms with Crippen LogP contribution >= 0.6 is 11.6 Å². The van der Waals surface area contributed by atoms with Crippen molar-refractivity contribution in [3.05, 3.63) is 58.7 Å². The van der Waals surface area contributed by atoms with E-state index in [-0.39, 0.29) is 17.3 Å². The number of aldehydes is 1. The van der Waals surface area contributed by atoms with Crippen LogP contribution in [0, 0.1) is 17.3 Å². The first kappa shape index (κ1) is 20.8. The van der Waals surface area contributed by atoms with Crippen LogP contribution in [0.4, 0.5) is 0 Å². The van der Waals surface area contributed by atoms with E-state index in [4.69, 9.17) is 16.8 Å². The number of carbonyl (C=O) groups is 2. The Morgan fingerprint density at radius 3 is 2.89 bits per heavy atom. The number of hydrogen-bond donors (Lipinski definition) is 2. The average molecular weight is 403 g/mol. The lowest BCUT2D eigenvalue weighted by atomic mass is 9.63. The molecule has 0 heterocycles. The lowest BCUT2D eigenvalue weighted by Gasteiger charge is -2.41. The van der Waals surface area contributed by atoms with Gasteiger partial charge >= 0.3 is 0 Å². The van der Waals surface area contributed by atoms with Crippen molar-refractivity contribution in [2.75, 3.05) is 13.6 Å². The molecule has 1 aromatic rings. The quantitative estimate of drug-likeness (QED) is 0.414. The van der Waals surface area contributed by atoms with E-state index in [1.165, 1.54) is 0 Å². The van der Waals surface area contributed by atoms with Gasteiger partial charge in [-0.1, -0.05) is 48.0 Å². The minimum Gasteiger partial charge on any atom is -0.303 e. The van der Waals surface area contributed by atoms with Gasteiger partial charge in [0.05, 0.1) is 0 Å². The highest BCUT2D eigenvalue weighted by atomic mass is 35.5. The van der Waals surface area contributed by atoms with Gasteiger partial charge < -0.3 is 9.69 Å². The fourth-order valence-corrected chi connectivity index (χ4v) is 4.54. The van der Waals surface area contributed by atoms with Gasteiger partial charge in [-0.25, -0.2) is 5.48 Å². The number of hydroxylamine groups is 1. The summed E-state index contributed by atoms with van der Waals surface area (Å²) in [5.41, 5.74) is 2.93. The molecule has 1 aromatic carbocycles. The van der Waals surface area contributed by atoms with Crippen molar-refractivity contribution >= 4 is 23.8 Å². The topological polar surface area (TPSA) is 69.6 Å². The predicted octanol–water partition coefficient (Wildman–Crippen LogP) is 3.77. The molecule has 3 rings (SSSR count). The first-order valence-corrected chi connectivity index (χ1v) is 10.1. The molecular weight excluding hydrogens is 376 g/mol. The highest BCUT2D eigenvalue weighted by Gasteiger charge is 2.40. The number of fused-ring (bicyclic) bond motifs is 1. The Morgan fingerprint density at radius 1 is 1.39 bits per heavy atom. The van der Waals surface area contributed by atoms with Gasteiger partial charge in [0.2, 0.25) is 0 Å². The molecular formula is C22H27ClN2O3. The Hall–Kier alpha value is -1.95. The summed E-state index contributed by atoms with van der Waals surface area (Å²) in [5, 5.41) is 9.58. The van der Waals surface area contributed by atoms with Gasteiger partial charge in [-0.05, 0) is 62.7 Å². The number of allylic oxidation sites excluding steroid dienone is 2. The van der Waals surface area contributed by atoms with Gasteiger partial charge in [0.1, 0.15) is 6.29 Å². The standard InChI is InChI=1S/C22H27ClN2O3/c1-25(14-19-4-2-3-5-20(19)23)11-10-22(15-26)9-8-16-12-17(21(27)24-28)6-7-18(16)13-22/h2-7,12,15-16,18,28H,8-11,13-14H2,1H3,(H,24,27)/t16?,18?,22-/m0/s1. The molecule has 1 fully saturated rings. The zero-order valence-corrected chi connectivity index (χ0v) is 16.9. The molecule has 3 atom stereocenters. The Kier molecular flexibility index (Phi) is 6.70. The van der Waals surface area contributed by atoms with Crippen LogP contribution in [0.15, 0.2) is 48.1 Å². The number of amides is 1. The SMILES string of the molecule is CN(CC[C@@]1(C=O)CCC2C=C(C(=O)NO)C=CC2C1)Cc1ccccc1Cl. The first-order valence-electron chi connectivity index (χ1n) is 9.69. The molecule has 5 nitrogen and oxygen atoms in total. The van der Waals surface area contributed by atoms with Crippen LogP contribution in [0.1, 0.15) is 31.2 Å². The summed E-state index contributed by atoms with van der Waals surface area (Å²) in [4.78, 5) is 25.9. The van der Waals surface area contributed by atoms with Crippen LogP contribution in [0.25, 0.3) is 0 Å². The van der Waals surface area contributed by atoms with E-state index in [0.29, 0.717) is 5.57 Å². The minimum absolute atomic E-state index is 0.242. The highest BCUT2D eigenvalue weighted by molar-refractivity contribution is 6.31. The molecule has 2 aliphatic rings. The second-order valence-electron chi connectivity index (χ2n) is 8.05. The predicted molar refractivity (Wildman–Crippen MR) is 109 cm³/mol. The van der Waals surface area contributed by atoms with E-state index < -0.39 is 5.91 Å². The van der Waals surface area contributed by atoms with E-state index in [0.717, 1.165) is 55.6 Å². The van der Waals surface area contributed by atoms with E-state index >= 15 is 0 Å². The molecule has 2 aliphatic carbocycles. The molecule has 0 bridgehead atoms. The molecule has 6 heteroatoms. The highest BCUT2D eigenvalue weighted by Crippen LogP contribution is 2.46. The third-order valence-corrected chi connectivity index (χ3v) is 6.46. The average Bonchev–Trinajstić information content (AvgIpc) is 2.73. The van der Waals surface area contributed by atoms with E-state index in [2.05, 4.69) is 11.9 Å². The van der Waals surface area contributed by atoms with Gasteiger partial charge in [0.25, 0.3) is 5.91 Å². The summed E-state index contributed by atoms with van der Waals surface area (Å²) in [5.74, 6) is 0.0115. The number of hydrogen-bond acceptors (Lipinski definition) is 4. The summed E-state index contributed by atoms with van der Waals surface area (Å²) >= 11 is 6.25. The van der Waals surface area contributed by atoms with Gasteiger partial charge in [-0.3, -0.25) is 10.0 Å². The van der Waals surface area contributed by atoms with E-state index in [9.17, 15) is 9.59 Å². The maximum absolute atomic E-state index is 12.0. The smallest absolute Gasteiger partial charge is 0.274 e. The maximum atomic E-state index is 12.0. The van der Waals surface area contributed by atoms with Crippen molar-refractivity contribution in [1.29, 1.82) is 0 Å². The summed E-state index contributed by atoms with van der Waals surface area (Å²) in [6, 6.07) is 7.83. The zero-order chi connectivity index (χ0) is 20.1. The van der Waals surface area contributed by atoms with Gasteiger partial charge in [-0.15, -0.1) is 0 Å². The first-order chi connectivity index (χ1) is 13.5. The number of nitrogens with one attached hydrogen (secondary N) is 1. The van der Waals surface area contributed by atoms with Crippen LogP contribution < -0.4 is 5.48 Å². The van der Waals surface area contributed by atoms with Crippen molar-refractivity contribution in [2.45, 2.75) is 32.2 Å². The minimum atomic E-state index is -0.483. The zero-order valence-electron chi connectivity index (χ0n) is 16.1. The molecule has 0 aromatic heterocycles. The van der Waals surface area contributed by atoms with Crippen LogP contribution in [0.3, 0.4) is 0 Å². The number of rotatable bonds is 7. The molecule has 0 radical (unpaired) electrons. The van der Waals surface area contributed by atoms with Gasteiger partial charge in [0.15, 0.2) is 0 Å². The number of halogens is 1. The molecule has 0 spiro atoms. The molecule has 1 saturated carbocycles. The van der Waals surface area contributed by atoms with E-state index in [1.807, 2.05) is 36.4 Å². The Morgan fingerprint density at radius 2 is 2.18 bits per heavy atom. The molecule has 150 valence electrons. The van der Waals surface area contributed by atoms with Gasteiger partial charge in [-0.2, -0.15) is 0 Å². The van der Waals surface area contributed by atoms with Crippen LogP contribution in [-0.2, 0) is 16.1 Å². The second kappa shape index (κ2) is 9.03. The summed E-state index contributed by atoms with van der Waals surface area (Å²) < 4.78 is 0. The van der Waals surface area contributed by atoms with Crippen molar-refractivity contribution in [3.63, 3.8) is 0 Å². The number of carbonyl (C=O) groups excluding carboxylic acids is 2. The Labute approximate surface area is 171 Å². The second-order valence-corrected chi connectivity index (χ2v) is 8.46. The monoisotopic (exact) mass is 402 g/mol.